The number of nitrogens with zero attached hydrogens (tertiary/aromatic N) is 1. The van der Waals surface area contributed by atoms with E-state index in [9.17, 15) is 9.59 Å². The lowest BCUT2D eigenvalue weighted by molar-refractivity contribution is -0.147. The van der Waals surface area contributed by atoms with E-state index in [1.54, 1.807) is 0 Å². The molecule has 2 atom stereocenters. The number of piperidine rings is 1. The van der Waals surface area contributed by atoms with E-state index in [0.29, 0.717) is 19.5 Å². The molecular weight excluding hydrogens is 212 g/mol. The third-order valence-corrected chi connectivity index (χ3v) is 2.68. The Morgan fingerprint density at radius 2 is 1.94 bits per heavy atom. The molecule has 6 heteroatoms. The van der Waals surface area contributed by atoms with Gasteiger partial charge in [0.1, 0.15) is 0 Å². The number of rotatable bonds is 2. The molecule has 0 radical (unpaired) electrons. The molecule has 0 aromatic rings. The quantitative estimate of drug-likeness (QED) is 0.667. The van der Waals surface area contributed by atoms with Crippen molar-refractivity contribution in [3.63, 3.8) is 0 Å². The Morgan fingerprint density at radius 1 is 1.25 bits per heavy atom. The second-order valence-corrected chi connectivity index (χ2v) is 4.01. The molecule has 6 nitrogen and oxygen atoms in total. The summed E-state index contributed by atoms with van der Waals surface area (Å²) in [5.41, 5.74) is 0. The van der Waals surface area contributed by atoms with E-state index in [0.717, 1.165) is 0 Å². The van der Waals surface area contributed by atoms with Gasteiger partial charge in [0.25, 0.3) is 0 Å². The maximum absolute atomic E-state index is 11.4. The predicted octanol–water partition coefficient (Wildman–Crippen LogP) is -0.164. The minimum Gasteiger partial charge on any atom is -0.469 e. The number of nitrogens with one attached hydrogen (secondary N) is 1. The summed E-state index contributed by atoms with van der Waals surface area (Å²) >= 11 is 0. The molecule has 0 aliphatic carbocycles. The fourth-order valence-electron chi connectivity index (χ4n) is 1.99. The summed E-state index contributed by atoms with van der Waals surface area (Å²) in [6.45, 7) is 1.37. The molecule has 1 aliphatic rings. The predicted molar refractivity (Wildman–Crippen MR) is 56.9 cm³/mol. The number of hydrogen-bond acceptors (Lipinski definition) is 5. The van der Waals surface area contributed by atoms with Crippen LogP contribution < -0.4 is 5.32 Å². The van der Waals surface area contributed by atoms with Crippen LogP contribution in [0.4, 0.5) is 4.79 Å². The third-order valence-electron chi connectivity index (χ3n) is 2.68. The first-order valence-corrected chi connectivity index (χ1v) is 5.17. The zero-order chi connectivity index (χ0) is 12.1. The molecular formula is C10H18N2O4. The minimum atomic E-state index is -0.469. The van der Waals surface area contributed by atoms with Gasteiger partial charge in [-0.25, -0.2) is 4.79 Å². The van der Waals surface area contributed by atoms with Gasteiger partial charge in [-0.2, -0.15) is 0 Å². The van der Waals surface area contributed by atoms with Crippen molar-refractivity contribution in [2.75, 3.05) is 34.4 Å². The van der Waals surface area contributed by atoms with Crippen molar-refractivity contribution < 1.29 is 19.1 Å². The molecule has 0 aromatic carbocycles. The lowest BCUT2D eigenvalue weighted by Crippen LogP contribution is -2.51. The van der Waals surface area contributed by atoms with Gasteiger partial charge < -0.3 is 19.7 Å². The summed E-state index contributed by atoms with van der Waals surface area (Å²) in [6, 6.07) is -0.0738. The summed E-state index contributed by atoms with van der Waals surface area (Å²) in [7, 11) is 4.60. The van der Waals surface area contributed by atoms with Crippen LogP contribution in [0, 0.1) is 5.92 Å². The maximum atomic E-state index is 11.4. The van der Waals surface area contributed by atoms with Crippen LogP contribution in [0.15, 0.2) is 0 Å². The zero-order valence-electron chi connectivity index (χ0n) is 9.86. The molecule has 1 rings (SSSR count). The van der Waals surface area contributed by atoms with Crippen molar-refractivity contribution in [3.05, 3.63) is 0 Å². The second-order valence-electron chi connectivity index (χ2n) is 4.01. The summed E-state index contributed by atoms with van der Waals surface area (Å²) in [5.74, 6) is -0.422. The van der Waals surface area contributed by atoms with Crippen LogP contribution >= 0.6 is 0 Å². The minimum absolute atomic E-state index is 0.0738. The average molecular weight is 230 g/mol. The van der Waals surface area contributed by atoms with Crippen LogP contribution in [0.1, 0.15) is 6.42 Å². The first-order chi connectivity index (χ1) is 7.56. The van der Waals surface area contributed by atoms with E-state index < -0.39 is 6.09 Å². The number of esters is 1. The van der Waals surface area contributed by atoms with Gasteiger partial charge in [0.05, 0.1) is 20.1 Å². The van der Waals surface area contributed by atoms with Crippen molar-refractivity contribution in [2.24, 2.45) is 5.92 Å². The van der Waals surface area contributed by atoms with E-state index >= 15 is 0 Å². The van der Waals surface area contributed by atoms with Gasteiger partial charge >= 0.3 is 12.1 Å². The highest BCUT2D eigenvalue weighted by Gasteiger charge is 2.31. The third kappa shape index (κ3) is 3.37. The first-order valence-electron chi connectivity index (χ1n) is 5.17. The molecule has 1 saturated heterocycles. The number of methoxy groups -OCH3 is 2. The summed E-state index contributed by atoms with van der Waals surface area (Å²) in [5, 5.41) is 2.70. The molecule has 0 saturated carbocycles. The SMILES string of the molecule is COC(=O)NC1CC(C(=O)OC)CN(C)C1. The molecule has 0 spiro atoms. The summed E-state index contributed by atoms with van der Waals surface area (Å²) in [6.07, 6.45) is 0.121. The Labute approximate surface area is 94.9 Å². The van der Waals surface area contributed by atoms with Crippen molar-refractivity contribution in [2.45, 2.75) is 12.5 Å². The Balaban J connectivity index is 2.53. The number of hydrogen-bond donors (Lipinski definition) is 1. The lowest BCUT2D eigenvalue weighted by atomic mass is 9.95. The van der Waals surface area contributed by atoms with Crippen molar-refractivity contribution in [1.29, 1.82) is 0 Å². The molecule has 1 amide bonds. The Kier molecular flexibility index (Phi) is 4.54. The van der Waals surface area contributed by atoms with E-state index in [1.807, 2.05) is 11.9 Å². The van der Waals surface area contributed by atoms with Crippen LogP contribution in [-0.2, 0) is 14.3 Å². The smallest absolute Gasteiger partial charge is 0.407 e. The van der Waals surface area contributed by atoms with Crippen molar-refractivity contribution >= 4 is 12.1 Å². The standard InChI is InChI=1S/C10H18N2O4/c1-12-5-7(9(13)15-2)4-8(6-12)11-10(14)16-3/h7-8H,4-6H2,1-3H3,(H,11,14). The topological polar surface area (TPSA) is 67.9 Å². The van der Waals surface area contributed by atoms with Crippen LogP contribution in [0.3, 0.4) is 0 Å². The van der Waals surface area contributed by atoms with Crippen LogP contribution in [0.5, 0.6) is 0 Å². The van der Waals surface area contributed by atoms with Crippen LogP contribution in [0.25, 0.3) is 0 Å². The van der Waals surface area contributed by atoms with Gasteiger partial charge in [-0.1, -0.05) is 0 Å². The Hall–Kier alpha value is -1.30. The van der Waals surface area contributed by atoms with Gasteiger partial charge in [-0.15, -0.1) is 0 Å². The molecule has 92 valence electrons. The Morgan fingerprint density at radius 3 is 2.50 bits per heavy atom. The van der Waals surface area contributed by atoms with E-state index in [2.05, 4.69) is 10.1 Å². The summed E-state index contributed by atoms with van der Waals surface area (Å²) in [4.78, 5) is 24.5. The van der Waals surface area contributed by atoms with E-state index in [4.69, 9.17) is 4.74 Å². The number of ether oxygens (including phenoxy) is 2. The second kappa shape index (κ2) is 5.69. The van der Waals surface area contributed by atoms with Crippen LogP contribution in [-0.4, -0.2) is 57.4 Å². The van der Waals surface area contributed by atoms with Gasteiger partial charge in [-0.05, 0) is 13.5 Å². The first kappa shape index (κ1) is 12.8. The maximum Gasteiger partial charge on any atom is 0.407 e. The molecule has 1 fully saturated rings. The number of amides is 1. The van der Waals surface area contributed by atoms with Crippen molar-refractivity contribution in [3.8, 4) is 0 Å². The normalized spacial score (nSPS) is 25.9. The monoisotopic (exact) mass is 230 g/mol. The highest BCUT2D eigenvalue weighted by atomic mass is 16.5. The molecule has 1 N–H and O–H groups in total. The van der Waals surface area contributed by atoms with Gasteiger partial charge in [0.15, 0.2) is 0 Å². The lowest BCUT2D eigenvalue weighted by Gasteiger charge is -2.34. The number of likely N-dealkylation sites (tertiary alicyclic amines) is 1. The highest BCUT2D eigenvalue weighted by Crippen LogP contribution is 2.17. The van der Waals surface area contributed by atoms with Gasteiger partial charge in [0.2, 0.25) is 0 Å². The number of alkyl carbamates (subject to hydrolysis) is 1. The molecule has 1 aliphatic heterocycles. The highest BCUT2D eigenvalue weighted by molar-refractivity contribution is 5.73. The number of carbonyl (C=O) groups is 2. The number of likely N-dealkylation sites (N-methyl/N-ethyl adjacent to an activating group) is 1. The zero-order valence-corrected chi connectivity index (χ0v) is 9.86. The molecule has 2 unspecified atom stereocenters. The largest absolute Gasteiger partial charge is 0.469 e. The number of carbonyl (C=O) groups excluding carboxylic acids is 2. The van der Waals surface area contributed by atoms with Crippen LogP contribution in [0.2, 0.25) is 0 Å². The van der Waals surface area contributed by atoms with Gasteiger partial charge in [0, 0.05) is 19.1 Å². The van der Waals surface area contributed by atoms with E-state index in [-0.39, 0.29) is 17.9 Å². The van der Waals surface area contributed by atoms with E-state index in [1.165, 1.54) is 14.2 Å². The fraction of sp³-hybridized carbons (Fsp3) is 0.800. The summed E-state index contributed by atoms with van der Waals surface area (Å²) < 4.78 is 9.23. The molecule has 1 heterocycles. The Bertz CT molecular complexity index is 270. The average Bonchev–Trinajstić information content (AvgIpc) is 2.27. The van der Waals surface area contributed by atoms with Gasteiger partial charge in [-0.3, -0.25) is 4.79 Å². The molecule has 0 bridgehead atoms. The molecule has 0 aromatic heterocycles. The fourth-order valence-corrected chi connectivity index (χ4v) is 1.99. The van der Waals surface area contributed by atoms with Crippen molar-refractivity contribution in [1.82, 2.24) is 10.2 Å². The molecule has 16 heavy (non-hydrogen) atoms.